The van der Waals surface area contributed by atoms with Crippen molar-refractivity contribution in [2.75, 3.05) is 0 Å². The van der Waals surface area contributed by atoms with Gasteiger partial charge < -0.3 is 4.57 Å². The number of hydrogen-bond acceptors (Lipinski definition) is 5. The lowest BCUT2D eigenvalue weighted by Crippen LogP contribution is -1.97. The van der Waals surface area contributed by atoms with Crippen LogP contribution in [0.1, 0.15) is 5.56 Å². The van der Waals surface area contributed by atoms with Crippen LogP contribution in [-0.4, -0.2) is 24.7 Å². The summed E-state index contributed by atoms with van der Waals surface area (Å²) in [6, 6.07) is 12.6. The Morgan fingerprint density at radius 3 is 2.72 bits per heavy atom. The number of aromatic nitrogens is 5. The standard InChI is InChI=1S/C18H14FN5S/c1-11-7-8-15-13(9-11)17(21-10-20-15)25-18-23-22-16(24(18)2)12-5-3-4-6-14(12)19/h3-10H,1-2H3. The first-order valence-corrected chi connectivity index (χ1v) is 8.48. The van der Waals surface area contributed by atoms with Crippen molar-refractivity contribution in [1.29, 1.82) is 0 Å². The van der Waals surface area contributed by atoms with E-state index in [2.05, 4.69) is 20.2 Å². The summed E-state index contributed by atoms with van der Waals surface area (Å²) in [5, 5.41) is 10.8. The number of halogens is 1. The van der Waals surface area contributed by atoms with Crippen LogP contribution < -0.4 is 0 Å². The van der Waals surface area contributed by atoms with E-state index in [-0.39, 0.29) is 5.82 Å². The van der Waals surface area contributed by atoms with Gasteiger partial charge in [-0.25, -0.2) is 14.4 Å². The third-order valence-electron chi connectivity index (χ3n) is 3.89. The Kier molecular flexibility index (Phi) is 3.93. The van der Waals surface area contributed by atoms with Crippen LogP contribution in [0.25, 0.3) is 22.3 Å². The topological polar surface area (TPSA) is 56.5 Å². The monoisotopic (exact) mass is 351 g/mol. The second kappa shape index (κ2) is 6.25. The zero-order valence-corrected chi connectivity index (χ0v) is 14.5. The van der Waals surface area contributed by atoms with E-state index in [0.717, 1.165) is 21.5 Å². The van der Waals surface area contributed by atoms with Crippen LogP contribution in [0.15, 0.2) is 59.0 Å². The van der Waals surface area contributed by atoms with Crippen molar-refractivity contribution < 1.29 is 4.39 Å². The number of nitrogens with zero attached hydrogens (tertiary/aromatic N) is 5. The zero-order valence-electron chi connectivity index (χ0n) is 13.6. The molecule has 0 aliphatic rings. The zero-order chi connectivity index (χ0) is 17.4. The van der Waals surface area contributed by atoms with Crippen LogP contribution in [0.3, 0.4) is 0 Å². The van der Waals surface area contributed by atoms with Crippen LogP contribution in [0.5, 0.6) is 0 Å². The summed E-state index contributed by atoms with van der Waals surface area (Å²) in [5.41, 5.74) is 2.43. The minimum absolute atomic E-state index is 0.322. The third kappa shape index (κ3) is 2.87. The lowest BCUT2D eigenvalue weighted by Gasteiger charge is -2.06. The molecule has 4 aromatic rings. The van der Waals surface area contributed by atoms with Crippen molar-refractivity contribution in [3.8, 4) is 11.4 Å². The molecule has 0 N–H and O–H groups in total. The van der Waals surface area contributed by atoms with Gasteiger partial charge in [0.2, 0.25) is 0 Å². The quantitative estimate of drug-likeness (QED) is 0.522. The maximum atomic E-state index is 14.0. The highest BCUT2D eigenvalue weighted by atomic mass is 32.2. The number of fused-ring (bicyclic) bond motifs is 1. The minimum Gasteiger partial charge on any atom is -0.305 e. The minimum atomic E-state index is -0.322. The Morgan fingerprint density at radius 2 is 1.88 bits per heavy atom. The first kappa shape index (κ1) is 15.7. The molecule has 2 aromatic heterocycles. The molecule has 5 nitrogen and oxygen atoms in total. The van der Waals surface area contributed by atoms with Gasteiger partial charge >= 0.3 is 0 Å². The third-order valence-corrected chi connectivity index (χ3v) is 4.95. The molecule has 0 amide bonds. The SMILES string of the molecule is Cc1ccc2ncnc(Sc3nnc(-c4ccccc4F)n3C)c2c1. The molecule has 0 aliphatic carbocycles. The van der Waals surface area contributed by atoms with Crippen LogP contribution in [-0.2, 0) is 7.05 Å². The van der Waals surface area contributed by atoms with Crippen molar-refractivity contribution in [1.82, 2.24) is 24.7 Å². The summed E-state index contributed by atoms with van der Waals surface area (Å²) < 4.78 is 15.8. The molecule has 124 valence electrons. The van der Waals surface area contributed by atoms with Crippen LogP contribution in [0.2, 0.25) is 0 Å². The van der Waals surface area contributed by atoms with E-state index in [9.17, 15) is 4.39 Å². The van der Waals surface area contributed by atoms with Crippen LogP contribution >= 0.6 is 11.8 Å². The van der Waals surface area contributed by atoms with Gasteiger partial charge in [0.05, 0.1) is 11.1 Å². The van der Waals surface area contributed by atoms with Crippen molar-refractivity contribution in [2.24, 2.45) is 7.05 Å². The highest BCUT2D eigenvalue weighted by Crippen LogP contribution is 2.32. The summed E-state index contributed by atoms with van der Waals surface area (Å²) in [6.07, 6.45) is 1.54. The predicted molar refractivity (Wildman–Crippen MR) is 94.8 cm³/mol. The second-order valence-corrected chi connectivity index (χ2v) is 6.60. The molecule has 2 heterocycles. The molecule has 0 aliphatic heterocycles. The lowest BCUT2D eigenvalue weighted by molar-refractivity contribution is 0.628. The number of hydrogen-bond donors (Lipinski definition) is 0. The first-order chi connectivity index (χ1) is 12.1. The fourth-order valence-electron chi connectivity index (χ4n) is 2.60. The van der Waals surface area contributed by atoms with Gasteiger partial charge in [-0.05, 0) is 43.0 Å². The molecule has 0 saturated carbocycles. The Morgan fingerprint density at radius 1 is 1.04 bits per heavy atom. The molecule has 25 heavy (non-hydrogen) atoms. The van der Waals surface area contributed by atoms with Gasteiger partial charge in [0.25, 0.3) is 0 Å². The number of aryl methyl sites for hydroxylation is 1. The summed E-state index contributed by atoms with van der Waals surface area (Å²) in [6.45, 7) is 2.03. The van der Waals surface area contributed by atoms with Gasteiger partial charge in [-0.1, -0.05) is 23.8 Å². The van der Waals surface area contributed by atoms with Crippen molar-refractivity contribution in [3.05, 3.63) is 60.2 Å². The Hall–Kier alpha value is -2.80. The first-order valence-electron chi connectivity index (χ1n) is 7.67. The van der Waals surface area contributed by atoms with Gasteiger partial charge in [-0.15, -0.1) is 10.2 Å². The molecule has 0 radical (unpaired) electrons. The fraction of sp³-hybridized carbons (Fsp3) is 0.111. The lowest BCUT2D eigenvalue weighted by atomic mass is 10.2. The van der Waals surface area contributed by atoms with E-state index in [1.54, 1.807) is 22.8 Å². The van der Waals surface area contributed by atoms with Gasteiger partial charge in [0, 0.05) is 12.4 Å². The Bertz CT molecular complexity index is 1080. The van der Waals surface area contributed by atoms with E-state index in [1.807, 2.05) is 32.2 Å². The molecule has 2 aromatic carbocycles. The highest BCUT2D eigenvalue weighted by molar-refractivity contribution is 7.99. The molecule has 0 fully saturated rings. The van der Waals surface area contributed by atoms with Gasteiger partial charge in [0.1, 0.15) is 17.2 Å². The van der Waals surface area contributed by atoms with Crippen molar-refractivity contribution >= 4 is 22.7 Å². The van der Waals surface area contributed by atoms with Gasteiger partial charge in [0.15, 0.2) is 11.0 Å². The molecule has 0 spiro atoms. The molecular formula is C18H14FN5S. The molecular weight excluding hydrogens is 337 g/mol. The Balaban J connectivity index is 1.76. The molecule has 0 unspecified atom stereocenters. The molecule has 0 atom stereocenters. The average molecular weight is 351 g/mol. The van der Waals surface area contributed by atoms with E-state index in [1.165, 1.54) is 24.2 Å². The largest absolute Gasteiger partial charge is 0.305 e. The normalized spacial score (nSPS) is 11.2. The summed E-state index contributed by atoms with van der Waals surface area (Å²) >= 11 is 1.39. The average Bonchev–Trinajstić information content (AvgIpc) is 2.96. The molecule has 7 heteroatoms. The smallest absolute Gasteiger partial charge is 0.197 e. The van der Waals surface area contributed by atoms with Crippen LogP contribution in [0.4, 0.5) is 4.39 Å². The van der Waals surface area contributed by atoms with Crippen molar-refractivity contribution in [3.63, 3.8) is 0 Å². The van der Waals surface area contributed by atoms with Crippen LogP contribution in [0, 0.1) is 12.7 Å². The predicted octanol–water partition coefficient (Wildman–Crippen LogP) is 4.02. The summed E-state index contributed by atoms with van der Waals surface area (Å²) in [5.74, 6) is 0.160. The van der Waals surface area contributed by atoms with E-state index < -0.39 is 0 Å². The van der Waals surface area contributed by atoms with E-state index in [4.69, 9.17) is 0 Å². The Labute approximate surface area is 148 Å². The van der Waals surface area contributed by atoms with Gasteiger partial charge in [-0.3, -0.25) is 0 Å². The maximum absolute atomic E-state index is 14.0. The van der Waals surface area contributed by atoms with E-state index in [0.29, 0.717) is 16.5 Å². The molecule has 4 rings (SSSR count). The number of benzene rings is 2. The molecule has 0 saturated heterocycles. The molecule has 0 bridgehead atoms. The maximum Gasteiger partial charge on any atom is 0.197 e. The number of rotatable bonds is 3. The van der Waals surface area contributed by atoms with Gasteiger partial charge in [-0.2, -0.15) is 0 Å². The fourth-order valence-corrected chi connectivity index (χ4v) is 3.45. The second-order valence-electron chi connectivity index (χ2n) is 5.65. The summed E-state index contributed by atoms with van der Waals surface area (Å²) in [4.78, 5) is 8.68. The van der Waals surface area contributed by atoms with E-state index >= 15 is 0 Å². The highest BCUT2D eigenvalue weighted by Gasteiger charge is 2.16. The summed E-state index contributed by atoms with van der Waals surface area (Å²) in [7, 11) is 1.82. The van der Waals surface area contributed by atoms with Crippen molar-refractivity contribution in [2.45, 2.75) is 17.1 Å².